The Morgan fingerprint density at radius 1 is 0.421 bits per heavy atom. The normalized spacial score (nSPS) is 15.2. The summed E-state index contributed by atoms with van der Waals surface area (Å²) in [4.78, 5) is 32.3. The summed E-state index contributed by atoms with van der Waals surface area (Å²) in [7, 11) is 0. The van der Waals surface area contributed by atoms with Crippen molar-refractivity contribution in [1.29, 1.82) is 0 Å². The molecule has 0 bridgehead atoms. The number of fused-ring (bicyclic) bond motifs is 2. The average Bonchev–Trinajstić information content (AvgIpc) is 3.42. The van der Waals surface area contributed by atoms with Crippen LogP contribution in [0.1, 0.15) is 11.1 Å². The molecule has 180 valence electrons. The molecule has 0 saturated carbocycles. The van der Waals surface area contributed by atoms with Gasteiger partial charge in [-0.2, -0.15) is 0 Å². The van der Waals surface area contributed by atoms with Crippen LogP contribution < -0.4 is 9.80 Å². The minimum Gasteiger partial charge on any atom is -0.274 e. The number of amides is 2. The number of anilines is 2. The lowest BCUT2D eigenvalue weighted by molar-refractivity contribution is -0.112. The van der Waals surface area contributed by atoms with Gasteiger partial charge in [0.15, 0.2) is 0 Å². The fourth-order valence-electron chi connectivity index (χ4n) is 5.49. The lowest BCUT2D eigenvalue weighted by Gasteiger charge is -2.22. The van der Waals surface area contributed by atoms with Gasteiger partial charge in [-0.25, -0.2) is 0 Å². The molecule has 0 aliphatic carbocycles. The van der Waals surface area contributed by atoms with Crippen LogP contribution in [0, 0.1) is 0 Å². The van der Waals surface area contributed by atoms with Crippen molar-refractivity contribution in [1.82, 2.24) is 0 Å². The van der Waals surface area contributed by atoms with Gasteiger partial charge in [-0.3, -0.25) is 19.4 Å². The molecule has 0 atom stereocenters. The van der Waals surface area contributed by atoms with Gasteiger partial charge in [-0.05, 0) is 34.7 Å². The summed E-state index contributed by atoms with van der Waals surface area (Å²) in [5.74, 6) is -0.307. The third kappa shape index (κ3) is 3.24. The van der Waals surface area contributed by atoms with E-state index < -0.39 is 0 Å². The molecule has 7 rings (SSSR count). The lowest BCUT2D eigenvalue weighted by Crippen LogP contribution is -2.27. The molecule has 0 N–H and O–H groups in total. The second kappa shape index (κ2) is 8.71. The summed E-state index contributed by atoms with van der Waals surface area (Å²) in [6.07, 6.45) is 0. The Morgan fingerprint density at radius 3 is 1.53 bits per heavy atom. The van der Waals surface area contributed by atoms with Crippen LogP contribution in [0.25, 0.3) is 21.9 Å². The smallest absolute Gasteiger partial charge is 0.265 e. The maximum absolute atomic E-state index is 14.5. The van der Waals surface area contributed by atoms with E-state index in [2.05, 4.69) is 0 Å². The van der Waals surface area contributed by atoms with Gasteiger partial charge in [0.25, 0.3) is 11.8 Å². The number of hydrogen-bond acceptors (Lipinski definition) is 2. The van der Waals surface area contributed by atoms with Crippen LogP contribution >= 0.6 is 0 Å². The first-order chi connectivity index (χ1) is 18.7. The van der Waals surface area contributed by atoms with E-state index in [0.717, 1.165) is 33.3 Å². The van der Waals surface area contributed by atoms with Gasteiger partial charge in [-0.1, -0.05) is 115 Å². The molecular formula is C34H22N2O2. The molecule has 4 heteroatoms. The van der Waals surface area contributed by atoms with Crippen molar-refractivity contribution in [2.75, 3.05) is 9.80 Å². The molecule has 2 aliphatic rings. The molecular weight excluding hydrogens is 468 g/mol. The van der Waals surface area contributed by atoms with Crippen molar-refractivity contribution in [3.05, 3.63) is 156 Å². The van der Waals surface area contributed by atoms with Gasteiger partial charge in [0, 0.05) is 11.1 Å². The van der Waals surface area contributed by atoms with Crippen LogP contribution in [-0.2, 0) is 9.59 Å². The van der Waals surface area contributed by atoms with E-state index in [1.165, 1.54) is 0 Å². The molecule has 5 aromatic rings. The highest BCUT2D eigenvalue weighted by Gasteiger charge is 2.49. The summed E-state index contributed by atoms with van der Waals surface area (Å²) in [6, 6.07) is 42.8. The van der Waals surface area contributed by atoms with Crippen molar-refractivity contribution in [3.63, 3.8) is 0 Å². The third-order valence-electron chi connectivity index (χ3n) is 7.13. The number of hydrogen-bond donors (Lipinski definition) is 0. The predicted molar refractivity (Wildman–Crippen MR) is 152 cm³/mol. The first kappa shape index (κ1) is 22.0. The van der Waals surface area contributed by atoms with Gasteiger partial charge in [0.2, 0.25) is 0 Å². The largest absolute Gasteiger partial charge is 0.274 e. The Labute approximate surface area is 220 Å². The summed E-state index contributed by atoms with van der Waals surface area (Å²) < 4.78 is 0. The van der Waals surface area contributed by atoms with Gasteiger partial charge < -0.3 is 0 Å². The number of para-hydroxylation sites is 1. The highest BCUT2D eigenvalue weighted by molar-refractivity contribution is 6.44. The minimum atomic E-state index is -0.154. The fraction of sp³-hybridized carbons (Fsp3) is 0. The zero-order chi connectivity index (χ0) is 25.6. The van der Waals surface area contributed by atoms with Crippen molar-refractivity contribution >= 4 is 45.1 Å². The van der Waals surface area contributed by atoms with Crippen molar-refractivity contribution < 1.29 is 9.59 Å². The molecule has 5 aromatic carbocycles. The molecule has 38 heavy (non-hydrogen) atoms. The van der Waals surface area contributed by atoms with E-state index in [4.69, 9.17) is 0 Å². The molecule has 2 amide bonds. The Balaban J connectivity index is 1.59. The summed E-state index contributed by atoms with van der Waals surface area (Å²) in [6.45, 7) is 0. The third-order valence-corrected chi connectivity index (χ3v) is 7.13. The van der Waals surface area contributed by atoms with E-state index in [1.54, 1.807) is 9.80 Å². The van der Waals surface area contributed by atoms with Crippen LogP contribution in [0.15, 0.2) is 145 Å². The zero-order valence-electron chi connectivity index (χ0n) is 20.4. The molecule has 2 heterocycles. The van der Waals surface area contributed by atoms with Crippen LogP contribution in [0.3, 0.4) is 0 Å². The molecule has 2 aliphatic heterocycles. The Hall–Kier alpha value is -5.22. The standard InChI is InChI=1S/C34H22N2O2/c37-33-30(25-16-6-2-7-17-25)32-31(35(33)26-19-8-3-9-20-26)29(24-14-4-1-5-15-24)34(38)36(32)28-22-12-18-23-13-10-11-21-27(23)28/h1-22H. The van der Waals surface area contributed by atoms with Crippen LogP contribution in [0.2, 0.25) is 0 Å². The fourth-order valence-corrected chi connectivity index (χ4v) is 5.49. The Morgan fingerprint density at radius 2 is 0.895 bits per heavy atom. The number of carbonyl (C=O) groups excluding carboxylic acids is 2. The van der Waals surface area contributed by atoms with Crippen LogP contribution in [0.4, 0.5) is 11.4 Å². The van der Waals surface area contributed by atoms with Crippen molar-refractivity contribution in [3.8, 4) is 0 Å². The Kier molecular flexibility index (Phi) is 5.05. The SMILES string of the molecule is O=C1C(c2ccccc2)=C2C(=C(c3ccccc3)C(=O)N2c2cccc3ccccc23)N1c1ccccc1. The first-order valence-electron chi connectivity index (χ1n) is 12.6. The number of rotatable bonds is 4. The van der Waals surface area contributed by atoms with Gasteiger partial charge in [0.05, 0.1) is 28.2 Å². The molecule has 0 spiro atoms. The minimum absolute atomic E-state index is 0.153. The zero-order valence-corrected chi connectivity index (χ0v) is 20.4. The summed E-state index contributed by atoms with van der Waals surface area (Å²) >= 11 is 0. The maximum Gasteiger partial charge on any atom is 0.265 e. The highest BCUT2D eigenvalue weighted by Crippen LogP contribution is 2.50. The number of nitrogens with zero attached hydrogens (tertiary/aromatic N) is 2. The van der Waals surface area contributed by atoms with Crippen molar-refractivity contribution in [2.24, 2.45) is 0 Å². The molecule has 0 fully saturated rings. The molecule has 0 aromatic heterocycles. The van der Waals surface area contributed by atoms with Gasteiger partial charge in [-0.15, -0.1) is 0 Å². The van der Waals surface area contributed by atoms with Crippen LogP contribution in [0.5, 0.6) is 0 Å². The van der Waals surface area contributed by atoms with E-state index in [0.29, 0.717) is 22.5 Å². The highest BCUT2D eigenvalue weighted by atomic mass is 16.2. The second-order valence-corrected chi connectivity index (χ2v) is 9.29. The molecule has 0 unspecified atom stereocenters. The second-order valence-electron chi connectivity index (χ2n) is 9.29. The number of carbonyl (C=O) groups is 2. The Bertz CT molecular complexity index is 1780. The van der Waals surface area contributed by atoms with Gasteiger partial charge >= 0.3 is 0 Å². The van der Waals surface area contributed by atoms with Crippen LogP contribution in [-0.4, -0.2) is 11.8 Å². The summed E-state index contributed by atoms with van der Waals surface area (Å²) in [5.41, 5.74) is 5.27. The predicted octanol–water partition coefficient (Wildman–Crippen LogP) is 7.06. The first-order valence-corrected chi connectivity index (χ1v) is 12.6. The summed E-state index contributed by atoms with van der Waals surface area (Å²) in [5, 5.41) is 1.97. The quantitative estimate of drug-likeness (QED) is 0.271. The van der Waals surface area contributed by atoms with E-state index in [-0.39, 0.29) is 11.8 Å². The molecule has 4 nitrogen and oxygen atoms in total. The maximum atomic E-state index is 14.5. The topological polar surface area (TPSA) is 40.6 Å². The lowest BCUT2D eigenvalue weighted by atomic mass is 10.0. The molecule has 0 saturated heterocycles. The van der Waals surface area contributed by atoms with E-state index in [1.807, 2.05) is 133 Å². The van der Waals surface area contributed by atoms with E-state index in [9.17, 15) is 9.59 Å². The monoisotopic (exact) mass is 490 g/mol. The number of benzene rings is 5. The molecule has 0 radical (unpaired) electrons. The van der Waals surface area contributed by atoms with E-state index >= 15 is 0 Å². The van der Waals surface area contributed by atoms with Crippen molar-refractivity contribution in [2.45, 2.75) is 0 Å². The average molecular weight is 491 g/mol. The van der Waals surface area contributed by atoms with Gasteiger partial charge in [0.1, 0.15) is 0 Å².